The Kier molecular flexibility index (Phi) is 8.11. The summed E-state index contributed by atoms with van der Waals surface area (Å²) in [5, 5.41) is 17.9. The van der Waals surface area contributed by atoms with Crippen LogP contribution in [0.1, 0.15) is 10.4 Å². The molecule has 0 atom stereocenters. The quantitative estimate of drug-likeness (QED) is 0.0784. The maximum absolute atomic E-state index is 14.7. The van der Waals surface area contributed by atoms with Gasteiger partial charge in [-0.25, -0.2) is 0 Å². The van der Waals surface area contributed by atoms with Gasteiger partial charge < -0.3 is 5.32 Å². The fourth-order valence-corrected chi connectivity index (χ4v) is 9.72. The number of nitro benzene ring substituents is 1. The number of nitrogens with one attached hydrogen (secondary N) is 1. The van der Waals surface area contributed by atoms with Gasteiger partial charge >= 0.3 is 0 Å². The summed E-state index contributed by atoms with van der Waals surface area (Å²) < 4.78 is 0. The van der Waals surface area contributed by atoms with Crippen LogP contribution in [0.25, 0.3) is 0 Å². The zero-order chi connectivity index (χ0) is 28.0. The first-order chi connectivity index (χ1) is 19.5. The molecule has 0 saturated carbocycles. The summed E-state index contributed by atoms with van der Waals surface area (Å²) in [6.07, 6.45) is 0. The summed E-state index contributed by atoms with van der Waals surface area (Å²) in [6, 6.07) is 45.3. The molecule has 5 aromatic rings. The first kappa shape index (κ1) is 26.9. The van der Waals surface area contributed by atoms with E-state index in [1.54, 1.807) is 24.3 Å². The summed E-state index contributed by atoms with van der Waals surface area (Å²) >= 11 is 6.09. The number of nitrogens with zero attached hydrogens (tertiary/aromatic N) is 1. The van der Waals surface area contributed by atoms with Gasteiger partial charge in [-0.2, -0.15) is 0 Å². The highest BCUT2D eigenvalue weighted by Gasteiger charge is 2.35. The summed E-state index contributed by atoms with van der Waals surface area (Å²) in [6.45, 7) is -2.85. The number of rotatable bonds is 8. The second-order valence-electron chi connectivity index (χ2n) is 8.98. The van der Waals surface area contributed by atoms with Crippen LogP contribution in [0.15, 0.2) is 146 Å². The van der Waals surface area contributed by atoms with Crippen molar-refractivity contribution >= 4 is 62.5 Å². The normalized spacial score (nSPS) is 10.9. The van der Waals surface area contributed by atoms with Gasteiger partial charge in [0.15, 0.2) is 5.78 Å². The van der Waals surface area contributed by atoms with Crippen LogP contribution in [0.5, 0.6) is 0 Å². The SMILES string of the molecule is O=C(C(C(=S)Nc1ccc([N+](=O)[O-])cc1)=P(c1ccccc1)(c1ccccc1)c1ccccc1)c1ccccc1. The summed E-state index contributed by atoms with van der Waals surface area (Å²) in [5.74, 6) is -0.176. The van der Waals surface area contributed by atoms with Gasteiger partial charge in [-0.3, -0.25) is 14.9 Å². The number of hydrogen-bond donors (Lipinski definition) is 1. The van der Waals surface area contributed by atoms with Gasteiger partial charge in [-0.15, -0.1) is 0 Å². The highest BCUT2D eigenvalue weighted by atomic mass is 32.1. The monoisotopic (exact) mass is 560 g/mol. The van der Waals surface area contributed by atoms with E-state index in [4.69, 9.17) is 12.2 Å². The first-order valence-electron chi connectivity index (χ1n) is 12.6. The van der Waals surface area contributed by atoms with Crippen LogP contribution in [-0.4, -0.2) is 21.0 Å². The van der Waals surface area contributed by atoms with Crippen molar-refractivity contribution in [3.63, 3.8) is 0 Å². The van der Waals surface area contributed by atoms with Crippen molar-refractivity contribution in [3.05, 3.63) is 161 Å². The van der Waals surface area contributed by atoms with Gasteiger partial charge in [0.2, 0.25) is 0 Å². The number of anilines is 1. The van der Waals surface area contributed by atoms with Crippen LogP contribution in [0.4, 0.5) is 11.4 Å². The molecule has 0 amide bonds. The third-order valence-electron chi connectivity index (χ3n) is 6.57. The number of carbonyl (C=O) groups is 1. The number of carbonyl (C=O) groups excluding carboxylic acids is 1. The molecule has 5 aromatic carbocycles. The number of thiocarbonyl (C=S) groups is 1. The number of benzene rings is 5. The minimum Gasteiger partial charge on any atom is -0.346 e. The van der Waals surface area contributed by atoms with Crippen LogP contribution in [0.3, 0.4) is 0 Å². The maximum atomic E-state index is 14.7. The standard InChI is InChI=1S/C33H25N2O3PS/c36-31(25-13-5-1-6-14-25)32(33(40)34-26-21-23-27(24-22-26)35(37)38)39(28-15-7-2-8-16-28,29-17-9-3-10-18-29)30-19-11-4-12-20-30/h1-24H,(H,34,40). The zero-order valence-electron chi connectivity index (χ0n) is 21.4. The summed E-state index contributed by atoms with van der Waals surface area (Å²) in [5.41, 5.74) is 1.06. The first-order valence-corrected chi connectivity index (χ1v) is 14.8. The molecule has 7 heteroatoms. The summed E-state index contributed by atoms with van der Waals surface area (Å²) in [7, 11) is 0. The number of nitro groups is 1. The van der Waals surface area contributed by atoms with E-state index in [2.05, 4.69) is 41.7 Å². The molecule has 0 unspecified atom stereocenters. The van der Waals surface area contributed by atoms with Crippen molar-refractivity contribution in [2.75, 3.05) is 5.32 Å². The predicted octanol–water partition coefficient (Wildman–Crippen LogP) is 6.38. The lowest BCUT2D eigenvalue weighted by atomic mass is 10.1. The molecule has 40 heavy (non-hydrogen) atoms. The Balaban J connectivity index is 1.89. The Hall–Kier alpha value is -4.64. The minimum atomic E-state index is -2.85. The Labute approximate surface area is 238 Å². The van der Waals surface area contributed by atoms with Crippen molar-refractivity contribution in [1.29, 1.82) is 0 Å². The molecule has 196 valence electrons. The van der Waals surface area contributed by atoms with Gasteiger partial charge in [0, 0.05) is 23.4 Å². The second-order valence-corrected chi connectivity index (χ2v) is 12.7. The van der Waals surface area contributed by atoms with Gasteiger partial charge in [0.05, 0.1) is 10.2 Å². The van der Waals surface area contributed by atoms with Crippen molar-refractivity contribution in [2.24, 2.45) is 0 Å². The molecule has 0 heterocycles. The molecule has 0 spiro atoms. The van der Waals surface area contributed by atoms with Crippen LogP contribution in [-0.2, 0) is 0 Å². The van der Waals surface area contributed by atoms with Crippen molar-refractivity contribution in [3.8, 4) is 0 Å². The van der Waals surface area contributed by atoms with Crippen molar-refractivity contribution in [2.45, 2.75) is 0 Å². The molecule has 1 N–H and O–H groups in total. The van der Waals surface area contributed by atoms with Crippen LogP contribution >= 0.6 is 19.1 Å². The lowest BCUT2D eigenvalue weighted by molar-refractivity contribution is -0.384. The van der Waals surface area contributed by atoms with Crippen LogP contribution in [0.2, 0.25) is 0 Å². The topological polar surface area (TPSA) is 72.2 Å². The van der Waals surface area contributed by atoms with Gasteiger partial charge in [0.1, 0.15) is 4.99 Å². The Morgan fingerprint density at radius 1 is 0.625 bits per heavy atom. The maximum Gasteiger partial charge on any atom is 0.269 e. The van der Waals surface area contributed by atoms with E-state index in [9.17, 15) is 14.9 Å². The number of non-ortho nitro benzene ring substituents is 1. The third kappa shape index (κ3) is 5.28. The molecule has 0 saturated heterocycles. The molecule has 0 aliphatic carbocycles. The predicted molar refractivity (Wildman–Crippen MR) is 170 cm³/mol. The molecule has 0 aliphatic rings. The smallest absolute Gasteiger partial charge is 0.269 e. The van der Waals surface area contributed by atoms with Gasteiger partial charge in [-0.05, 0) is 34.9 Å². The minimum absolute atomic E-state index is 0.0271. The van der Waals surface area contributed by atoms with E-state index in [0.29, 0.717) is 16.5 Å². The van der Waals surface area contributed by atoms with Gasteiger partial charge in [-0.1, -0.05) is 134 Å². The molecule has 0 bridgehead atoms. The second kappa shape index (κ2) is 12.0. The number of ketones is 1. The third-order valence-corrected chi connectivity index (χ3v) is 11.3. The summed E-state index contributed by atoms with van der Waals surface area (Å²) in [4.78, 5) is 25.7. The average molecular weight is 561 g/mol. The van der Waals surface area contributed by atoms with Gasteiger partial charge in [0.25, 0.3) is 5.69 Å². The molecule has 0 aromatic heterocycles. The van der Waals surface area contributed by atoms with Crippen molar-refractivity contribution < 1.29 is 9.72 Å². The van der Waals surface area contributed by atoms with Crippen LogP contribution < -0.4 is 21.2 Å². The largest absolute Gasteiger partial charge is 0.346 e. The van der Waals surface area contributed by atoms with E-state index in [1.165, 1.54) is 12.1 Å². The molecule has 5 nitrogen and oxygen atoms in total. The zero-order valence-corrected chi connectivity index (χ0v) is 23.1. The lowest BCUT2D eigenvalue weighted by Gasteiger charge is -2.33. The van der Waals surface area contributed by atoms with E-state index in [-0.39, 0.29) is 16.5 Å². The Bertz CT molecular complexity index is 1600. The van der Waals surface area contributed by atoms with E-state index >= 15 is 0 Å². The molecule has 5 rings (SSSR count). The molecule has 0 radical (unpaired) electrons. The molecular formula is C33H25N2O3PS. The highest BCUT2D eigenvalue weighted by Crippen LogP contribution is 2.47. The van der Waals surface area contributed by atoms with Crippen molar-refractivity contribution in [1.82, 2.24) is 0 Å². The molecule has 0 fully saturated rings. The van der Waals surface area contributed by atoms with E-state index < -0.39 is 11.8 Å². The fourth-order valence-electron chi connectivity index (χ4n) is 4.78. The molecule has 0 aliphatic heterocycles. The Morgan fingerprint density at radius 2 is 1.02 bits per heavy atom. The molecular weight excluding hydrogens is 535 g/mol. The number of Topliss-reactive ketones (excluding diaryl/α,β-unsaturated/α-hetero) is 1. The fraction of sp³-hybridized carbons (Fsp3) is 0. The number of hydrogen-bond acceptors (Lipinski definition) is 4. The highest BCUT2D eigenvalue weighted by molar-refractivity contribution is 8.00. The van der Waals surface area contributed by atoms with E-state index in [0.717, 1.165) is 15.9 Å². The lowest BCUT2D eigenvalue weighted by Crippen LogP contribution is -2.39. The Morgan fingerprint density at radius 3 is 1.43 bits per heavy atom. The average Bonchev–Trinajstić information content (AvgIpc) is 3.01. The van der Waals surface area contributed by atoms with E-state index in [1.807, 2.05) is 72.8 Å². The van der Waals surface area contributed by atoms with Crippen LogP contribution in [0, 0.1) is 10.1 Å².